The number of carbonyl (C=O) groups is 1. The second-order valence-corrected chi connectivity index (χ2v) is 7.64. The first kappa shape index (κ1) is 15.6. The molecule has 2 fully saturated rings. The number of H-pyrrole nitrogens is 1. The summed E-state index contributed by atoms with van der Waals surface area (Å²) in [5, 5.41) is 3.63. The fourth-order valence-corrected chi connectivity index (χ4v) is 4.80. The minimum atomic E-state index is -0.175. The molecule has 0 spiro atoms. The molecule has 4 atom stereocenters. The fourth-order valence-electron chi connectivity index (χ4n) is 4.06. The Morgan fingerprint density at radius 2 is 2.32 bits per heavy atom. The van der Waals surface area contributed by atoms with Gasteiger partial charge in [0.05, 0.1) is 5.75 Å². The number of nitrogens with zero attached hydrogens (tertiary/aromatic N) is 1. The summed E-state index contributed by atoms with van der Waals surface area (Å²) in [5.74, 6) is 2.65. The average molecular weight is 321 g/mol. The summed E-state index contributed by atoms with van der Waals surface area (Å²) in [6.45, 7) is 3.90. The van der Waals surface area contributed by atoms with Gasteiger partial charge >= 0.3 is 0 Å². The fraction of sp³-hybridized carbons (Fsp3) is 0.688. The number of rotatable bonds is 5. The van der Waals surface area contributed by atoms with E-state index in [1.165, 1.54) is 43.5 Å². The molecule has 5 nitrogen and oxygen atoms in total. The molecule has 2 bridgehead atoms. The van der Waals surface area contributed by atoms with Gasteiger partial charge < -0.3 is 10.3 Å². The predicted octanol–water partition coefficient (Wildman–Crippen LogP) is 2.11. The maximum Gasteiger partial charge on any atom is 0.251 e. The highest BCUT2D eigenvalue weighted by atomic mass is 32.2. The van der Waals surface area contributed by atoms with Crippen molar-refractivity contribution in [2.24, 2.45) is 17.8 Å². The SMILES string of the molecule is Cc1cc(=O)[nH]c(SCC(=O)N[C@@H](C)[C@@H]2C[C@H]3CC[C@H]2C3)n1. The van der Waals surface area contributed by atoms with Gasteiger partial charge in [0.15, 0.2) is 5.16 Å². The summed E-state index contributed by atoms with van der Waals surface area (Å²) in [4.78, 5) is 30.4. The molecule has 120 valence electrons. The van der Waals surface area contributed by atoms with Crippen LogP contribution in [0.5, 0.6) is 0 Å². The van der Waals surface area contributed by atoms with Crippen molar-refractivity contribution in [1.82, 2.24) is 15.3 Å². The van der Waals surface area contributed by atoms with Crippen molar-refractivity contribution in [1.29, 1.82) is 0 Å². The zero-order valence-corrected chi connectivity index (χ0v) is 13.9. The number of aryl methyl sites for hydroxylation is 1. The molecule has 1 amide bonds. The Morgan fingerprint density at radius 1 is 1.50 bits per heavy atom. The third-order valence-electron chi connectivity index (χ3n) is 5.01. The van der Waals surface area contributed by atoms with Gasteiger partial charge in [-0.1, -0.05) is 18.2 Å². The van der Waals surface area contributed by atoms with Gasteiger partial charge in [-0.3, -0.25) is 9.59 Å². The normalized spacial score (nSPS) is 27.8. The van der Waals surface area contributed by atoms with Gasteiger partial charge in [-0.15, -0.1) is 0 Å². The average Bonchev–Trinajstić information content (AvgIpc) is 3.06. The van der Waals surface area contributed by atoms with Crippen LogP contribution in [0.2, 0.25) is 0 Å². The van der Waals surface area contributed by atoms with Gasteiger partial charge in [0.1, 0.15) is 0 Å². The number of carbonyl (C=O) groups excluding carboxylic acids is 1. The van der Waals surface area contributed by atoms with Crippen LogP contribution in [0.15, 0.2) is 16.0 Å². The van der Waals surface area contributed by atoms with Crippen LogP contribution in [-0.2, 0) is 4.79 Å². The van der Waals surface area contributed by atoms with Gasteiger partial charge in [-0.2, -0.15) is 0 Å². The lowest BCUT2D eigenvalue weighted by Crippen LogP contribution is -2.40. The van der Waals surface area contributed by atoms with E-state index in [1.807, 2.05) is 0 Å². The molecule has 0 unspecified atom stereocenters. The van der Waals surface area contributed by atoms with Crippen LogP contribution in [0.1, 0.15) is 38.3 Å². The van der Waals surface area contributed by atoms with Crippen molar-refractivity contribution in [3.63, 3.8) is 0 Å². The van der Waals surface area contributed by atoms with E-state index >= 15 is 0 Å². The van der Waals surface area contributed by atoms with E-state index in [9.17, 15) is 9.59 Å². The van der Waals surface area contributed by atoms with E-state index in [-0.39, 0.29) is 23.3 Å². The lowest BCUT2D eigenvalue weighted by Gasteiger charge is -2.28. The highest BCUT2D eigenvalue weighted by molar-refractivity contribution is 7.99. The molecular weight excluding hydrogens is 298 g/mol. The van der Waals surface area contributed by atoms with Crippen molar-refractivity contribution in [3.8, 4) is 0 Å². The maximum absolute atomic E-state index is 12.1. The van der Waals surface area contributed by atoms with Gasteiger partial charge in [-0.05, 0) is 50.9 Å². The number of aromatic amines is 1. The molecule has 6 heteroatoms. The molecule has 1 aromatic rings. The van der Waals surface area contributed by atoms with E-state index in [2.05, 4.69) is 22.2 Å². The first-order chi connectivity index (χ1) is 10.5. The molecule has 2 N–H and O–H groups in total. The minimum absolute atomic E-state index is 0.0180. The Kier molecular flexibility index (Phi) is 4.57. The van der Waals surface area contributed by atoms with Gasteiger partial charge in [0.25, 0.3) is 5.56 Å². The summed E-state index contributed by atoms with van der Waals surface area (Å²) in [5.41, 5.74) is 0.493. The summed E-state index contributed by atoms with van der Waals surface area (Å²) in [6, 6.07) is 1.69. The Balaban J connectivity index is 1.49. The molecule has 2 saturated carbocycles. The van der Waals surface area contributed by atoms with Gasteiger partial charge in [0.2, 0.25) is 5.91 Å². The molecule has 0 aromatic carbocycles. The number of thioether (sulfide) groups is 1. The summed E-state index contributed by atoms with van der Waals surface area (Å²) in [6.07, 6.45) is 5.34. The first-order valence-corrected chi connectivity index (χ1v) is 9.00. The van der Waals surface area contributed by atoms with Crippen LogP contribution in [0.25, 0.3) is 0 Å². The summed E-state index contributed by atoms with van der Waals surface area (Å²) in [7, 11) is 0. The number of nitrogens with one attached hydrogen (secondary N) is 2. The van der Waals surface area contributed by atoms with Crippen LogP contribution in [0.4, 0.5) is 0 Å². The summed E-state index contributed by atoms with van der Waals surface area (Å²) >= 11 is 1.28. The van der Waals surface area contributed by atoms with Gasteiger partial charge in [0, 0.05) is 17.8 Å². The van der Waals surface area contributed by atoms with Crippen molar-refractivity contribution in [2.75, 3.05) is 5.75 Å². The molecule has 2 aliphatic rings. The molecule has 2 aliphatic carbocycles. The lowest BCUT2D eigenvalue weighted by atomic mass is 9.84. The largest absolute Gasteiger partial charge is 0.353 e. The summed E-state index contributed by atoms with van der Waals surface area (Å²) < 4.78 is 0. The van der Waals surface area contributed by atoms with Crippen LogP contribution >= 0.6 is 11.8 Å². The molecule has 3 rings (SSSR count). The second-order valence-electron chi connectivity index (χ2n) is 6.68. The maximum atomic E-state index is 12.1. The van der Waals surface area contributed by atoms with Gasteiger partial charge in [-0.25, -0.2) is 4.98 Å². The van der Waals surface area contributed by atoms with E-state index < -0.39 is 0 Å². The zero-order valence-electron chi connectivity index (χ0n) is 13.1. The monoisotopic (exact) mass is 321 g/mol. The third kappa shape index (κ3) is 3.54. The van der Waals surface area contributed by atoms with Crippen LogP contribution < -0.4 is 10.9 Å². The smallest absolute Gasteiger partial charge is 0.251 e. The number of fused-ring (bicyclic) bond motifs is 2. The van der Waals surface area contributed by atoms with Crippen LogP contribution in [-0.4, -0.2) is 27.7 Å². The number of amides is 1. The second kappa shape index (κ2) is 6.44. The van der Waals surface area contributed by atoms with E-state index in [4.69, 9.17) is 0 Å². The van der Waals surface area contributed by atoms with Crippen molar-refractivity contribution in [2.45, 2.75) is 50.7 Å². The zero-order chi connectivity index (χ0) is 15.7. The standard InChI is InChI=1S/C16H23N3O2S/c1-9-5-14(20)19-16(17-9)22-8-15(21)18-10(2)13-7-11-3-4-12(13)6-11/h5,10-13H,3-4,6-8H2,1-2H3,(H,18,21)(H,17,19,20)/t10-,11-,12-,13-/m0/s1. The third-order valence-corrected chi connectivity index (χ3v) is 5.88. The predicted molar refractivity (Wildman–Crippen MR) is 86.9 cm³/mol. The Labute approximate surface area is 134 Å². The van der Waals surface area contributed by atoms with Crippen LogP contribution in [0, 0.1) is 24.7 Å². The van der Waals surface area contributed by atoms with E-state index in [1.54, 1.807) is 6.92 Å². The van der Waals surface area contributed by atoms with Crippen LogP contribution in [0.3, 0.4) is 0 Å². The Bertz CT molecular complexity index is 616. The van der Waals surface area contributed by atoms with E-state index in [0.717, 1.165) is 11.8 Å². The molecule has 1 heterocycles. The highest BCUT2D eigenvalue weighted by Crippen LogP contribution is 2.49. The molecule has 1 aromatic heterocycles. The highest BCUT2D eigenvalue weighted by Gasteiger charge is 2.42. The first-order valence-electron chi connectivity index (χ1n) is 8.01. The lowest BCUT2D eigenvalue weighted by molar-refractivity contribution is -0.119. The molecule has 0 radical (unpaired) electrons. The van der Waals surface area contributed by atoms with Crippen molar-refractivity contribution >= 4 is 17.7 Å². The molecular formula is C16H23N3O2S. The molecule has 0 aliphatic heterocycles. The minimum Gasteiger partial charge on any atom is -0.353 e. The number of hydrogen-bond donors (Lipinski definition) is 2. The van der Waals surface area contributed by atoms with Crippen molar-refractivity contribution < 1.29 is 4.79 Å². The Hall–Kier alpha value is -1.30. The number of aromatic nitrogens is 2. The molecule has 0 saturated heterocycles. The Morgan fingerprint density at radius 3 is 2.95 bits per heavy atom. The topological polar surface area (TPSA) is 74.8 Å². The quantitative estimate of drug-likeness (QED) is 0.643. The number of hydrogen-bond acceptors (Lipinski definition) is 4. The van der Waals surface area contributed by atoms with E-state index in [0.29, 0.717) is 16.8 Å². The van der Waals surface area contributed by atoms with Crippen molar-refractivity contribution in [3.05, 3.63) is 22.1 Å². The molecule has 22 heavy (non-hydrogen) atoms.